The van der Waals surface area contributed by atoms with E-state index in [-0.39, 0.29) is 12.2 Å². The van der Waals surface area contributed by atoms with Crippen molar-refractivity contribution in [2.75, 3.05) is 20.3 Å². The quantitative estimate of drug-likeness (QED) is 0.201. The highest BCUT2D eigenvalue weighted by atomic mass is 127. The van der Waals surface area contributed by atoms with Crippen LogP contribution in [0.3, 0.4) is 0 Å². The minimum absolute atomic E-state index is 0.195. The summed E-state index contributed by atoms with van der Waals surface area (Å²) in [7, 11) is 1.55. The van der Waals surface area contributed by atoms with Gasteiger partial charge in [0, 0.05) is 10.6 Å². The molecule has 1 aliphatic heterocycles. The summed E-state index contributed by atoms with van der Waals surface area (Å²) < 4.78 is 20.8. The van der Waals surface area contributed by atoms with Crippen molar-refractivity contribution in [1.82, 2.24) is 4.57 Å². The summed E-state index contributed by atoms with van der Waals surface area (Å²) in [4.78, 5) is 32.7. The number of ether oxygens (including phenoxy) is 3. The van der Waals surface area contributed by atoms with Crippen LogP contribution in [-0.4, -0.2) is 30.9 Å². The van der Waals surface area contributed by atoms with Gasteiger partial charge in [-0.3, -0.25) is 9.36 Å². The third-order valence-electron chi connectivity index (χ3n) is 5.99. The molecule has 1 aromatic heterocycles. The van der Waals surface area contributed by atoms with E-state index in [0.29, 0.717) is 50.0 Å². The number of thiazole rings is 1. The van der Waals surface area contributed by atoms with Crippen molar-refractivity contribution in [2.24, 2.45) is 4.99 Å². The van der Waals surface area contributed by atoms with E-state index in [0.717, 1.165) is 24.9 Å². The average Bonchev–Trinajstić information content (AvgIpc) is 3.20. The molecule has 39 heavy (non-hydrogen) atoms. The Labute approximate surface area is 262 Å². The second-order valence-corrected chi connectivity index (χ2v) is 12.3. The van der Waals surface area contributed by atoms with Gasteiger partial charge in [-0.1, -0.05) is 36.3 Å². The molecule has 2 heterocycles. The van der Waals surface area contributed by atoms with E-state index in [1.807, 2.05) is 32.1 Å². The van der Waals surface area contributed by atoms with Crippen LogP contribution in [-0.2, 0) is 9.53 Å². The summed E-state index contributed by atoms with van der Waals surface area (Å²) in [6.45, 7) is 6.48. The molecule has 0 bridgehead atoms. The van der Waals surface area contributed by atoms with Crippen LogP contribution >= 0.6 is 68.1 Å². The fourth-order valence-corrected chi connectivity index (χ4v) is 7.76. The van der Waals surface area contributed by atoms with Gasteiger partial charge >= 0.3 is 5.97 Å². The van der Waals surface area contributed by atoms with Crippen molar-refractivity contribution in [2.45, 2.75) is 39.7 Å². The molecule has 0 spiro atoms. The molecule has 0 saturated heterocycles. The third-order valence-corrected chi connectivity index (χ3v) is 8.81. The van der Waals surface area contributed by atoms with Gasteiger partial charge in [0.15, 0.2) is 4.80 Å². The Kier molecular flexibility index (Phi) is 10.2. The summed E-state index contributed by atoms with van der Waals surface area (Å²) in [5.41, 5.74) is 2.12. The Morgan fingerprint density at radius 3 is 2.49 bits per heavy atom. The van der Waals surface area contributed by atoms with Gasteiger partial charge in [-0.2, -0.15) is 0 Å². The molecule has 0 unspecified atom stereocenters. The first kappa shape index (κ1) is 30.1. The first-order valence-electron chi connectivity index (χ1n) is 12.4. The topological polar surface area (TPSA) is 79.1 Å². The fraction of sp³-hybridized carbons (Fsp3) is 0.321. The Morgan fingerprint density at radius 2 is 1.87 bits per heavy atom. The molecule has 1 aliphatic rings. The van der Waals surface area contributed by atoms with E-state index in [1.54, 1.807) is 36.8 Å². The second kappa shape index (κ2) is 13.2. The Hall–Kier alpha value is -1.90. The zero-order chi connectivity index (χ0) is 28.3. The maximum Gasteiger partial charge on any atom is 0.338 e. The van der Waals surface area contributed by atoms with Crippen molar-refractivity contribution in [3.8, 4) is 11.5 Å². The van der Waals surface area contributed by atoms with Gasteiger partial charge in [0.25, 0.3) is 5.56 Å². The summed E-state index contributed by atoms with van der Waals surface area (Å²) >= 11 is 12.2. The number of aromatic nitrogens is 1. The first-order chi connectivity index (χ1) is 18.7. The van der Waals surface area contributed by atoms with Crippen molar-refractivity contribution in [1.29, 1.82) is 0 Å². The SMILES string of the molecule is CCCC1=C(C(=O)OCC)[C@@H](c2cc(Cl)ccc2OC)n2c(s/c(=C/c3cc(I)c(OCC)c(I)c3)c2=O)=N1. The third kappa shape index (κ3) is 6.23. The predicted molar refractivity (Wildman–Crippen MR) is 171 cm³/mol. The number of carbonyl (C=O) groups is 1. The summed E-state index contributed by atoms with van der Waals surface area (Å²) in [6, 6.07) is 8.33. The average molecular weight is 793 g/mol. The van der Waals surface area contributed by atoms with Crippen LogP contribution in [0.5, 0.6) is 11.5 Å². The number of rotatable bonds is 9. The molecule has 0 radical (unpaired) electrons. The molecule has 0 saturated carbocycles. The van der Waals surface area contributed by atoms with E-state index < -0.39 is 12.0 Å². The molecule has 0 fully saturated rings. The molecular formula is C28H27ClI2N2O5S. The van der Waals surface area contributed by atoms with E-state index in [1.165, 1.54) is 11.3 Å². The van der Waals surface area contributed by atoms with Gasteiger partial charge < -0.3 is 14.2 Å². The van der Waals surface area contributed by atoms with E-state index in [4.69, 9.17) is 30.8 Å². The standard InChI is InChI=1S/C28H27ClI2N2O5S/c1-5-8-20-23(27(35)38-7-3)24(17-14-16(29)9-10-21(17)36-4)33-26(34)22(39-28(33)32-20)13-15-11-18(30)25(37-6-2)19(31)12-15/h9-14,24H,5-8H2,1-4H3/b22-13+/t24-/m1/s1. The van der Waals surface area contributed by atoms with Gasteiger partial charge in [0.05, 0.1) is 43.3 Å². The molecule has 3 aromatic rings. The lowest BCUT2D eigenvalue weighted by atomic mass is 9.93. The van der Waals surface area contributed by atoms with E-state index in [2.05, 4.69) is 45.2 Å². The molecule has 0 aliphatic carbocycles. The van der Waals surface area contributed by atoms with Crippen LogP contribution in [0.2, 0.25) is 5.02 Å². The molecule has 206 valence electrons. The maximum atomic E-state index is 14.0. The highest BCUT2D eigenvalue weighted by molar-refractivity contribution is 14.1. The summed E-state index contributed by atoms with van der Waals surface area (Å²) in [5.74, 6) is 0.824. The smallest absolute Gasteiger partial charge is 0.338 e. The lowest BCUT2D eigenvalue weighted by Crippen LogP contribution is -2.40. The van der Waals surface area contributed by atoms with Crippen LogP contribution in [0.1, 0.15) is 50.8 Å². The van der Waals surface area contributed by atoms with E-state index >= 15 is 0 Å². The molecule has 11 heteroatoms. The molecule has 0 N–H and O–H groups in total. The lowest BCUT2D eigenvalue weighted by molar-refractivity contribution is -0.139. The fourth-order valence-electron chi connectivity index (χ4n) is 4.43. The predicted octanol–water partition coefficient (Wildman–Crippen LogP) is 5.85. The second-order valence-electron chi connectivity index (χ2n) is 8.55. The lowest BCUT2D eigenvalue weighted by Gasteiger charge is -2.27. The minimum atomic E-state index is -0.807. The highest BCUT2D eigenvalue weighted by Crippen LogP contribution is 2.38. The first-order valence-corrected chi connectivity index (χ1v) is 15.8. The zero-order valence-electron chi connectivity index (χ0n) is 21.8. The van der Waals surface area contributed by atoms with Gasteiger partial charge in [-0.05, 0) is 107 Å². The van der Waals surface area contributed by atoms with Gasteiger partial charge in [0.1, 0.15) is 17.5 Å². The van der Waals surface area contributed by atoms with Crippen LogP contribution in [0, 0.1) is 7.14 Å². The number of fused-ring (bicyclic) bond motifs is 1. The summed E-state index contributed by atoms with van der Waals surface area (Å²) in [6.07, 6.45) is 3.16. The van der Waals surface area contributed by atoms with Gasteiger partial charge in [-0.25, -0.2) is 9.79 Å². The van der Waals surface area contributed by atoms with Crippen LogP contribution in [0.15, 0.2) is 51.4 Å². The molecule has 2 aromatic carbocycles. The maximum absolute atomic E-state index is 14.0. The Balaban J connectivity index is 2.01. The monoisotopic (exact) mass is 792 g/mol. The number of hydrogen-bond acceptors (Lipinski definition) is 7. The van der Waals surface area contributed by atoms with Crippen molar-refractivity contribution in [3.05, 3.63) is 84.6 Å². The zero-order valence-corrected chi connectivity index (χ0v) is 27.7. The number of nitrogens with zero attached hydrogens (tertiary/aromatic N) is 2. The molecule has 1 atom stereocenters. The Bertz CT molecular complexity index is 1610. The molecule has 4 rings (SSSR count). The number of hydrogen-bond donors (Lipinski definition) is 0. The largest absolute Gasteiger partial charge is 0.496 e. The van der Waals surface area contributed by atoms with Crippen LogP contribution in [0.4, 0.5) is 0 Å². The van der Waals surface area contributed by atoms with Crippen LogP contribution in [0.25, 0.3) is 6.08 Å². The summed E-state index contributed by atoms with van der Waals surface area (Å²) in [5, 5.41) is 0.462. The number of allylic oxidation sites excluding steroid dienone is 1. The number of carbonyl (C=O) groups excluding carboxylic acids is 1. The van der Waals surface area contributed by atoms with E-state index in [9.17, 15) is 9.59 Å². The van der Waals surface area contributed by atoms with Crippen molar-refractivity contribution >= 4 is 80.2 Å². The molecule has 0 amide bonds. The van der Waals surface area contributed by atoms with Gasteiger partial charge in [0.2, 0.25) is 0 Å². The number of halogens is 3. The normalized spacial score (nSPS) is 15.2. The minimum Gasteiger partial charge on any atom is -0.496 e. The highest BCUT2D eigenvalue weighted by Gasteiger charge is 2.36. The van der Waals surface area contributed by atoms with Crippen molar-refractivity contribution < 1.29 is 19.0 Å². The van der Waals surface area contributed by atoms with Crippen molar-refractivity contribution in [3.63, 3.8) is 0 Å². The van der Waals surface area contributed by atoms with Gasteiger partial charge in [-0.15, -0.1) is 0 Å². The van der Waals surface area contributed by atoms with Crippen LogP contribution < -0.4 is 24.4 Å². The number of benzene rings is 2. The molecular weight excluding hydrogens is 766 g/mol. The number of methoxy groups -OCH3 is 1. The number of esters is 1. The Morgan fingerprint density at radius 1 is 1.15 bits per heavy atom. The molecule has 7 nitrogen and oxygen atoms in total.